The summed E-state index contributed by atoms with van der Waals surface area (Å²) in [6.07, 6.45) is 4.52. The Hall–Kier alpha value is -4.17. The molecular weight excluding hydrogens is 529 g/mol. The van der Waals surface area contributed by atoms with Gasteiger partial charge >= 0.3 is 0 Å². The number of imidazole rings is 1. The number of likely N-dealkylation sites (tertiary alicyclic amines) is 1. The van der Waals surface area contributed by atoms with Crippen LogP contribution in [0.3, 0.4) is 0 Å². The number of carbonyl (C=O) groups is 1. The molecule has 1 amide bonds. The maximum Gasteiger partial charge on any atom is 0.254 e. The molecule has 2 aromatic heterocycles. The minimum Gasteiger partial charge on any atom is -0.494 e. The number of halogens is 1. The van der Waals surface area contributed by atoms with Crippen LogP contribution in [0.5, 0.6) is 5.75 Å². The van der Waals surface area contributed by atoms with E-state index >= 15 is 0 Å². The first-order chi connectivity index (χ1) is 20.4. The van der Waals surface area contributed by atoms with Crippen molar-refractivity contribution in [3.8, 4) is 28.4 Å². The van der Waals surface area contributed by atoms with E-state index in [2.05, 4.69) is 33.4 Å². The second kappa shape index (κ2) is 9.42. The maximum atomic E-state index is 13.7. The first kappa shape index (κ1) is 25.5. The lowest BCUT2D eigenvalue weighted by Crippen LogP contribution is -2.41. The average molecular weight is 564 g/mol. The number of nitrogens with zero attached hydrogens (tertiary/aromatic N) is 4. The average Bonchev–Trinajstić information content (AvgIpc) is 3.41. The van der Waals surface area contributed by atoms with Crippen LogP contribution in [0.4, 0.5) is 4.39 Å². The summed E-state index contributed by atoms with van der Waals surface area (Å²) in [4.78, 5) is 20.8. The SMILES string of the molecule is COc1cc(C(=O)N2C[C@H]3CC[C@@H]2[C@@H]3N)cc2nc(-c3cc4ccc(-c5ccc(F)cc5)cc4n3CC3CC3)n(C)c12. The van der Waals surface area contributed by atoms with Crippen LogP contribution in [-0.2, 0) is 13.6 Å². The number of nitrogens with two attached hydrogens (primary N) is 1. The van der Waals surface area contributed by atoms with Gasteiger partial charge in [0.25, 0.3) is 5.91 Å². The van der Waals surface area contributed by atoms with Crippen LogP contribution < -0.4 is 10.5 Å². The summed E-state index contributed by atoms with van der Waals surface area (Å²) < 4.78 is 23.9. The highest BCUT2D eigenvalue weighted by atomic mass is 19.1. The number of ether oxygens (including phenoxy) is 1. The number of amides is 1. The van der Waals surface area contributed by atoms with Gasteiger partial charge in [0.1, 0.15) is 17.1 Å². The third kappa shape index (κ3) is 3.96. The third-order valence-corrected chi connectivity index (χ3v) is 9.76. The van der Waals surface area contributed by atoms with Crippen LogP contribution >= 0.6 is 0 Å². The highest BCUT2D eigenvalue weighted by Gasteiger charge is 2.47. The first-order valence-corrected chi connectivity index (χ1v) is 14.9. The van der Waals surface area contributed by atoms with Gasteiger partial charge in [-0.3, -0.25) is 4.79 Å². The molecule has 0 unspecified atom stereocenters. The van der Waals surface area contributed by atoms with Crippen LogP contribution in [-0.4, -0.2) is 50.7 Å². The lowest BCUT2D eigenvalue weighted by Gasteiger charge is -2.27. The minimum atomic E-state index is -0.238. The van der Waals surface area contributed by atoms with Crippen molar-refractivity contribution in [1.82, 2.24) is 19.0 Å². The Labute approximate surface area is 243 Å². The van der Waals surface area contributed by atoms with Crippen molar-refractivity contribution < 1.29 is 13.9 Å². The Morgan fingerprint density at radius 1 is 1.02 bits per heavy atom. The van der Waals surface area contributed by atoms with E-state index in [1.54, 1.807) is 7.11 Å². The molecule has 0 spiro atoms. The third-order valence-electron chi connectivity index (χ3n) is 9.76. The topological polar surface area (TPSA) is 78.3 Å². The zero-order valence-electron chi connectivity index (χ0n) is 23.9. The monoisotopic (exact) mass is 563 g/mol. The number of benzene rings is 3. The lowest BCUT2D eigenvalue weighted by atomic mass is 10.0. The molecule has 3 aliphatic rings. The molecule has 2 bridgehead atoms. The van der Waals surface area contributed by atoms with E-state index in [9.17, 15) is 9.18 Å². The molecule has 5 aromatic rings. The quantitative estimate of drug-likeness (QED) is 0.276. The number of fused-ring (bicyclic) bond motifs is 4. The summed E-state index contributed by atoms with van der Waals surface area (Å²) in [6, 6.07) is 19.2. The van der Waals surface area contributed by atoms with Gasteiger partial charge in [-0.05, 0) is 85.0 Å². The van der Waals surface area contributed by atoms with E-state index in [-0.39, 0.29) is 23.8 Å². The summed E-state index contributed by atoms with van der Waals surface area (Å²) in [6.45, 7) is 1.63. The van der Waals surface area contributed by atoms with Crippen LogP contribution in [0.2, 0.25) is 0 Å². The van der Waals surface area contributed by atoms with Crippen molar-refractivity contribution >= 4 is 27.8 Å². The van der Waals surface area contributed by atoms with Gasteiger partial charge in [-0.2, -0.15) is 0 Å². The number of aromatic nitrogens is 3. The summed E-state index contributed by atoms with van der Waals surface area (Å²) in [5.41, 5.74) is 12.8. The Morgan fingerprint density at radius 2 is 1.81 bits per heavy atom. The van der Waals surface area contributed by atoms with Crippen molar-refractivity contribution in [2.45, 2.75) is 44.3 Å². The van der Waals surface area contributed by atoms with E-state index in [0.717, 1.165) is 70.5 Å². The highest BCUT2D eigenvalue weighted by Crippen LogP contribution is 2.40. The number of hydrogen-bond acceptors (Lipinski definition) is 4. The number of methoxy groups -OCH3 is 1. The summed E-state index contributed by atoms with van der Waals surface area (Å²) in [5, 5.41) is 1.13. The standard InChI is InChI=1S/C34H34FN5O2/c1-38-32-26(13-24(16-30(32)42-2)34(41)40-18-23-9-12-27(40)31(23)36)37-33(38)29-15-22-6-5-21(20-7-10-25(35)11-8-20)14-28(22)39(29)17-19-3-4-19/h5-8,10-11,13-16,19,23,27,31H,3-4,9,12,17-18,36H2,1-2H3/t23-,27-,31-/m1/s1. The van der Waals surface area contributed by atoms with E-state index in [1.807, 2.05) is 36.2 Å². The van der Waals surface area contributed by atoms with Crippen LogP contribution in [0.25, 0.3) is 44.6 Å². The Morgan fingerprint density at radius 3 is 2.50 bits per heavy atom. The molecule has 42 heavy (non-hydrogen) atoms. The molecule has 8 heteroatoms. The zero-order valence-corrected chi connectivity index (χ0v) is 23.9. The second-order valence-electron chi connectivity index (χ2n) is 12.3. The van der Waals surface area contributed by atoms with Gasteiger partial charge in [0.2, 0.25) is 0 Å². The van der Waals surface area contributed by atoms with Crippen LogP contribution in [0.1, 0.15) is 36.0 Å². The molecule has 3 atom stereocenters. The summed E-state index contributed by atoms with van der Waals surface area (Å²) >= 11 is 0. The fraction of sp³-hybridized carbons (Fsp3) is 0.353. The Bertz CT molecular complexity index is 1870. The minimum absolute atomic E-state index is 0.00113. The van der Waals surface area contributed by atoms with Crippen molar-refractivity contribution in [3.63, 3.8) is 0 Å². The molecule has 0 radical (unpaired) electrons. The highest BCUT2D eigenvalue weighted by molar-refractivity contribution is 6.00. The van der Waals surface area contributed by atoms with Crippen molar-refractivity contribution in [2.75, 3.05) is 13.7 Å². The number of aryl methyl sites for hydroxylation is 1. The van der Waals surface area contributed by atoms with Gasteiger partial charge in [0.15, 0.2) is 5.82 Å². The number of rotatable bonds is 6. The lowest BCUT2D eigenvalue weighted by molar-refractivity contribution is 0.0700. The first-order valence-electron chi connectivity index (χ1n) is 14.9. The molecule has 1 saturated heterocycles. The molecule has 1 aliphatic heterocycles. The van der Waals surface area contributed by atoms with Gasteiger partial charge in [-0.15, -0.1) is 0 Å². The molecule has 3 aromatic carbocycles. The summed E-state index contributed by atoms with van der Waals surface area (Å²) in [7, 11) is 3.65. The van der Waals surface area contributed by atoms with Crippen molar-refractivity contribution in [3.05, 3.63) is 72.0 Å². The molecule has 3 heterocycles. The van der Waals surface area contributed by atoms with Crippen LogP contribution in [0, 0.1) is 17.7 Å². The van der Waals surface area contributed by atoms with E-state index in [0.29, 0.717) is 23.1 Å². The summed E-state index contributed by atoms with van der Waals surface area (Å²) in [5.74, 6) is 2.26. The van der Waals surface area contributed by atoms with Gasteiger partial charge in [0, 0.05) is 48.7 Å². The van der Waals surface area contributed by atoms with Crippen LogP contribution in [0.15, 0.2) is 60.7 Å². The largest absolute Gasteiger partial charge is 0.494 e. The smallest absolute Gasteiger partial charge is 0.254 e. The van der Waals surface area contributed by atoms with Gasteiger partial charge in [0.05, 0.1) is 18.3 Å². The second-order valence-corrected chi connectivity index (χ2v) is 12.3. The van der Waals surface area contributed by atoms with Gasteiger partial charge in [-0.1, -0.05) is 24.3 Å². The zero-order chi connectivity index (χ0) is 28.7. The van der Waals surface area contributed by atoms with Crippen molar-refractivity contribution in [2.24, 2.45) is 24.6 Å². The van der Waals surface area contributed by atoms with E-state index < -0.39 is 0 Å². The normalized spacial score (nSPS) is 21.6. The Kier molecular flexibility index (Phi) is 5.73. The number of piperidine rings is 1. The molecule has 7 nitrogen and oxygen atoms in total. The number of hydrogen-bond donors (Lipinski definition) is 1. The molecule has 3 fully saturated rings. The molecule has 8 rings (SSSR count). The van der Waals surface area contributed by atoms with E-state index in [1.165, 1.54) is 25.0 Å². The fourth-order valence-electron chi connectivity index (χ4n) is 7.28. The maximum absolute atomic E-state index is 13.7. The van der Waals surface area contributed by atoms with Gasteiger partial charge in [-0.25, -0.2) is 9.37 Å². The number of carbonyl (C=O) groups excluding carboxylic acids is 1. The molecular formula is C34H34FN5O2. The molecule has 2 N–H and O–H groups in total. The Balaban J connectivity index is 1.24. The van der Waals surface area contributed by atoms with Crippen molar-refractivity contribution in [1.29, 1.82) is 0 Å². The molecule has 214 valence electrons. The fourth-order valence-corrected chi connectivity index (χ4v) is 7.28. The van der Waals surface area contributed by atoms with Gasteiger partial charge < -0.3 is 24.5 Å². The molecule has 2 aliphatic carbocycles. The van der Waals surface area contributed by atoms with E-state index in [4.69, 9.17) is 15.5 Å². The predicted octanol–water partition coefficient (Wildman–Crippen LogP) is 5.98. The predicted molar refractivity (Wildman–Crippen MR) is 162 cm³/mol. The molecule has 2 saturated carbocycles.